The third kappa shape index (κ3) is 3.20. The molecule has 1 aliphatic rings. The van der Waals surface area contributed by atoms with Crippen LogP contribution < -0.4 is 10.2 Å². The fourth-order valence-electron chi connectivity index (χ4n) is 3.08. The molecule has 1 aliphatic heterocycles. The van der Waals surface area contributed by atoms with Crippen LogP contribution in [0.3, 0.4) is 0 Å². The van der Waals surface area contributed by atoms with E-state index in [-0.39, 0.29) is 17.8 Å². The third-order valence-electron chi connectivity index (χ3n) is 4.18. The number of phenolic OH excluding ortho intramolecular Hbond substituents is 1. The lowest BCUT2D eigenvalue weighted by Gasteiger charge is -2.27. The Morgan fingerprint density at radius 3 is 2.77 bits per heavy atom. The van der Waals surface area contributed by atoms with Crippen molar-refractivity contribution in [3.63, 3.8) is 0 Å². The van der Waals surface area contributed by atoms with Gasteiger partial charge in [-0.1, -0.05) is 17.7 Å². The molecule has 0 radical (unpaired) electrons. The van der Waals surface area contributed by atoms with Crippen molar-refractivity contribution in [2.75, 3.05) is 4.90 Å². The summed E-state index contributed by atoms with van der Waals surface area (Å²) in [4.78, 5) is 7.51. The van der Waals surface area contributed by atoms with Crippen molar-refractivity contribution < 1.29 is 5.11 Å². The number of anilines is 1. The number of halogens is 2. The van der Waals surface area contributed by atoms with Gasteiger partial charge in [-0.2, -0.15) is 0 Å². The molecular formula is C18H13BrClN3OS2. The molecule has 1 aromatic carbocycles. The van der Waals surface area contributed by atoms with Gasteiger partial charge in [0.05, 0.1) is 27.3 Å². The van der Waals surface area contributed by atoms with Crippen LogP contribution in [0.1, 0.15) is 22.7 Å². The van der Waals surface area contributed by atoms with E-state index in [1.165, 1.54) is 0 Å². The van der Waals surface area contributed by atoms with Crippen molar-refractivity contribution in [3.05, 3.63) is 74.1 Å². The monoisotopic (exact) mass is 465 g/mol. The molecule has 4 nitrogen and oxygen atoms in total. The maximum atomic E-state index is 10.4. The maximum absolute atomic E-state index is 10.4. The van der Waals surface area contributed by atoms with E-state index in [9.17, 15) is 5.11 Å². The average Bonchev–Trinajstić information content (AvgIpc) is 3.21. The van der Waals surface area contributed by atoms with Gasteiger partial charge in [0.25, 0.3) is 0 Å². The van der Waals surface area contributed by atoms with Crippen LogP contribution in [0.15, 0.2) is 58.5 Å². The Morgan fingerprint density at radius 1 is 1.23 bits per heavy atom. The van der Waals surface area contributed by atoms with E-state index >= 15 is 0 Å². The second-order valence-corrected chi connectivity index (χ2v) is 9.09. The molecule has 26 heavy (non-hydrogen) atoms. The van der Waals surface area contributed by atoms with E-state index in [0.717, 1.165) is 14.4 Å². The predicted molar refractivity (Wildman–Crippen MR) is 113 cm³/mol. The molecule has 4 rings (SSSR count). The summed E-state index contributed by atoms with van der Waals surface area (Å²) in [5.41, 5.74) is 1.45. The Labute approximate surface area is 173 Å². The summed E-state index contributed by atoms with van der Waals surface area (Å²) < 4.78 is 1.03. The van der Waals surface area contributed by atoms with Gasteiger partial charge < -0.3 is 15.3 Å². The fourth-order valence-corrected chi connectivity index (χ4v) is 5.14. The van der Waals surface area contributed by atoms with Crippen molar-refractivity contribution in [1.82, 2.24) is 10.3 Å². The van der Waals surface area contributed by atoms with Crippen LogP contribution >= 0.6 is 51.1 Å². The van der Waals surface area contributed by atoms with Gasteiger partial charge in [-0.15, -0.1) is 11.3 Å². The summed E-state index contributed by atoms with van der Waals surface area (Å²) in [6, 6.07) is 14.5. The van der Waals surface area contributed by atoms with Crippen LogP contribution in [-0.4, -0.2) is 15.2 Å². The van der Waals surface area contributed by atoms with Gasteiger partial charge in [0.1, 0.15) is 5.75 Å². The first kappa shape index (κ1) is 17.7. The van der Waals surface area contributed by atoms with Gasteiger partial charge in [0, 0.05) is 16.1 Å². The van der Waals surface area contributed by atoms with Gasteiger partial charge in [0.15, 0.2) is 5.11 Å². The molecule has 0 bridgehead atoms. The average molecular weight is 467 g/mol. The molecule has 3 heterocycles. The Hall–Kier alpha value is -1.67. The standard InChI is InChI=1S/C18H13BrClN3OS2/c19-15-7-6-14(26-15)17-16(11-3-1-2-8-21-11)22-18(25)23(17)12-9-10(20)4-5-13(12)24/h1-9,16-17,24H,(H,22,25). The molecule has 0 aliphatic carbocycles. The topological polar surface area (TPSA) is 48.4 Å². The molecule has 0 saturated carbocycles. The third-order valence-corrected chi connectivity index (χ3v) is 6.42. The number of nitrogens with one attached hydrogen (secondary N) is 1. The van der Waals surface area contributed by atoms with Crippen molar-refractivity contribution in [2.45, 2.75) is 12.1 Å². The van der Waals surface area contributed by atoms with Crippen molar-refractivity contribution in [3.8, 4) is 5.75 Å². The molecule has 132 valence electrons. The van der Waals surface area contributed by atoms with Crippen LogP contribution in [0, 0.1) is 0 Å². The predicted octanol–water partition coefficient (Wildman–Crippen LogP) is 5.44. The van der Waals surface area contributed by atoms with Gasteiger partial charge >= 0.3 is 0 Å². The highest BCUT2D eigenvalue weighted by atomic mass is 79.9. The highest BCUT2D eigenvalue weighted by molar-refractivity contribution is 9.11. The van der Waals surface area contributed by atoms with Crippen LogP contribution in [0.5, 0.6) is 5.75 Å². The first-order valence-corrected chi connectivity index (χ1v) is 10.2. The summed E-state index contributed by atoms with van der Waals surface area (Å²) in [5.74, 6) is 0.126. The molecule has 0 amide bonds. The van der Waals surface area contributed by atoms with Gasteiger partial charge in [-0.05, 0) is 70.6 Å². The number of aromatic nitrogens is 1. The van der Waals surface area contributed by atoms with Gasteiger partial charge in [-0.3, -0.25) is 4.98 Å². The fraction of sp³-hybridized carbons (Fsp3) is 0.111. The molecule has 1 fully saturated rings. The lowest BCUT2D eigenvalue weighted by Crippen LogP contribution is -2.29. The number of nitrogens with zero attached hydrogens (tertiary/aromatic N) is 2. The van der Waals surface area contributed by atoms with Crippen molar-refractivity contribution in [2.24, 2.45) is 0 Å². The van der Waals surface area contributed by atoms with Crippen molar-refractivity contribution >= 4 is 61.9 Å². The minimum Gasteiger partial charge on any atom is -0.506 e. The van der Waals surface area contributed by atoms with E-state index in [1.807, 2.05) is 29.2 Å². The number of aromatic hydroxyl groups is 1. The Morgan fingerprint density at radius 2 is 2.08 bits per heavy atom. The van der Waals surface area contributed by atoms with E-state index < -0.39 is 0 Å². The second-order valence-electron chi connectivity index (χ2n) is 5.77. The summed E-state index contributed by atoms with van der Waals surface area (Å²) >= 11 is 16.9. The summed E-state index contributed by atoms with van der Waals surface area (Å²) in [7, 11) is 0. The van der Waals surface area contributed by atoms with E-state index in [4.69, 9.17) is 23.8 Å². The molecule has 2 N–H and O–H groups in total. The number of thiocarbonyl (C=S) groups is 1. The Kier molecular flexibility index (Phi) is 4.88. The first-order valence-electron chi connectivity index (χ1n) is 7.79. The lowest BCUT2D eigenvalue weighted by molar-refractivity contribution is 0.473. The number of hydrogen-bond acceptors (Lipinski definition) is 4. The number of phenols is 1. The zero-order chi connectivity index (χ0) is 18.3. The molecule has 2 atom stereocenters. The van der Waals surface area contributed by atoms with Crippen LogP contribution in [0.25, 0.3) is 0 Å². The summed E-state index contributed by atoms with van der Waals surface area (Å²) in [6.07, 6.45) is 1.76. The Bertz CT molecular complexity index is 966. The number of thiophene rings is 1. The SMILES string of the molecule is Oc1ccc(Cl)cc1N1C(=S)NC(c2ccccn2)C1c1ccc(Br)s1. The molecular weight excluding hydrogens is 454 g/mol. The van der Waals surface area contributed by atoms with Crippen LogP contribution in [0.4, 0.5) is 5.69 Å². The van der Waals surface area contributed by atoms with Crippen molar-refractivity contribution in [1.29, 1.82) is 0 Å². The summed E-state index contributed by atoms with van der Waals surface area (Å²) in [5, 5.41) is 14.8. The molecule has 2 unspecified atom stereocenters. The van der Waals surface area contributed by atoms with Gasteiger partial charge in [0.2, 0.25) is 0 Å². The molecule has 2 aromatic heterocycles. The zero-order valence-corrected chi connectivity index (χ0v) is 17.2. The van der Waals surface area contributed by atoms with Crippen LogP contribution in [-0.2, 0) is 0 Å². The van der Waals surface area contributed by atoms with Crippen LogP contribution in [0.2, 0.25) is 5.02 Å². The molecule has 8 heteroatoms. The highest BCUT2D eigenvalue weighted by Gasteiger charge is 2.42. The van der Waals surface area contributed by atoms with E-state index in [2.05, 4.69) is 32.3 Å². The van der Waals surface area contributed by atoms with E-state index in [1.54, 1.807) is 35.7 Å². The molecule has 3 aromatic rings. The first-order chi connectivity index (χ1) is 12.5. The Balaban J connectivity index is 1.86. The smallest absolute Gasteiger partial charge is 0.174 e. The minimum atomic E-state index is -0.155. The minimum absolute atomic E-state index is 0.126. The number of benzene rings is 1. The number of rotatable bonds is 3. The quantitative estimate of drug-likeness (QED) is 0.503. The number of pyridine rings is 1. The largest absolute Gasteiger partial charge is 0.506 e. The lowest BCUT2D eigenvalue weighted by atomic mass is 10.0. The molecule has 0 spiro atoms. The van der Waals surface area contributed by atoms with E-state index in [0.29, 0.717) is 15.8 Å². The van der Waals surface area contributed by atoms with Gasteiger partial charge in [-0.25, -0.2) is 0 Å². The highest BCUT2D eigenvalue weighted by Crippen LogP contribution is 2.46. The zero-order valence-electron chi connectivity index (χ0n) is 13.3. The normalized spacial score (nSPS) is 19.6. The summed E-state index contributed by atoms with van der Waals surface area (Å²) in [6.45, 7) is 0. The number of hydrogen-bond donors (Lipinski definition) is 2. The second kappa shape index (κ2) is 7.15. The molecule has 1 saturated heterocycles. The maximum Gasteiger partial charge on any atom is 0.174 e.